The summed E-state index contributed by atoms with van der Waals surface area (Å²) < 4.78 is 4.71. The number of carbonyl (C=O) groups is 2. The quantitative estimate of drug-likeness (QED) is 0.483. The fourth-order valence-electron chi connectivity index (χ4n) is 2.95. The highest BCUT2D eigenvalue weighted by Gasteiger charge is 2.16. The molecule has 1 aliphatic rings. The van der Waals surface area contributed by atoms with Crippen LogP contribution in [0.5, 0.6) is 0 Å². The topological polar surface area (TPSA) is 62.4 Å². The molecule has 0 spiro atoms. The molecule has 5 heteroatoms. The van der Waals surface area contributed by atoms with Crippen molar-refractivity contribution in [1.29, 1.82) is 0 Å². The van der Waals surface area contributed by atoms with Gasteiger partial charge in [-0.1, -0.05) is 0 Å². The minimum absolute atomic E-state index is 0.177. The van der Waals surface area contributed by atoms with Crippen molar-refractivity contribution < 1.29 is 14.3 Å². The Kier molecular flexibility index (Phi) is 4.53. The van der Waals surface area contributed by atoms with Gasteiger partial charge in [-0.05, 0) is 50.2 Å². The number of aromatic nitrogens is 1. The van der Waals surface area contributed by atoms with E-state index in [1.165, 1.54) is 12.8 Å². The second-order valence-electron chi connectivity index (χ2n) is 5.72. The van der Waals surface area contributed by atoms with Gasteiger partial charge in [0.25, 0.3) is 6.47 Å². The molecule has 1 N–H and O–H groups in total. The number of nitrogens with one attached hydrogen (secondary N) is 1. The maximum absolute atomic E-state index is 12.4. The summed E-state index contributed by atoms with van der Waals surface area (Å²) in [6.07, 6.45) is 3.02. The van der Waals surface area contributed by atoms with Gasteiger partial charge in [-0.3, -0.25) is 14.5 Å². The second kappa shape index (κ2) is 6.75. The number of ketones is 1. The number of ether oxygens (including phenoxy) is 1. The first-order valence-corrected chi connectivity index (χ1v) is 7.69. The number of nitrogens with zero attached hydrogens (tertiary/aromatic N) is 1. The Labute approximate surface area is 129 Å². The second-order valence-corrected chi connectivity index (χ2v) is 5.72. The van der Waals surface area contributed by atoms with Crippen LogP contribution in [0.15, 0.2) is 24.3 Å². The minimum Gasteiger partial charge on any atom is -0.467 e. The van der Waals surface area contributed by atoms with E-state index in [2.05, 4.69) is 9.88 Å². The lowest BCUT2D eigenvalue weighted by Gasteiger charge is -2.13. The molecule has 2 heterocycles. The summed E-state index contributed by atoms with van der Waals surface area (Å²) in [5.41, 5.74) is 2.76. The molecule has 2 aromatic rings. The van der Waals surface area contributed by atoms with Crippen molar-refractivity contribution in [2.24, 2.45) is 0 Å². The molecule has 1 saturated heterocycles. The van der Waals surface area contributed by atoms with Gasteiger partial charge in [0.05, 0.1) is 13.2 Å². The molecule has 1 aromatic carbocycles. The van der Waals surface area contributed by atoms with E-state index in [9.17, 15) is 9.59 Å². The van der Waals surface area contributed by atoms with Crippen LogP contribution in [-0.2, 0) is 16.0 Å². The lowest BCUT2D eigenvalue weighted by atomic mass is 10.1. The normalized spacial score (nSPS) is 15.3. The Hall–Kier alpha value is -2.14. The number of benzene rings is 1. The smallest absolute Gasteiger partial charge is 0.293 e. The molecule has 1 aliphatic heterocycles. The SMILES string of the molecule is O=COCCc1cc2cc(C(=O)CN3CCCC3)ccc2[nH]1. The first kappa shape index (κ1) is 14.8. The zero-order valence-electron chi connectivity index (χ0n) is 12.5. The summed E-state index contributed by atoms with van der Waals surface area (Å²) in [6, 6.07) is 7.77. The van der Waals surface area contributed by atoms with Gasteiger partial charge in [0, 0.05) is 28.6 Å². The summed E-state index contributed by atoms with van der Waals surface area (Å²) in [4.78, 5) is 28.0. The number of Topliss-reactive ketones (excluding diaryl/α,β-unsaturated/α-hetero) is 1. The van der Waals surface area contributed by atoms with Gasteiger partial charge in [0.1, 0.15) is 0 Å². The molecule has 1 fully saturated rings. The highest BCUT2D eigenvalue weighted by atomic mass is 16.5. The highest BCUT2D eigenvalue weighted by molar-refractivity contribution is 6.00. The zero-order chi connectivity index (χ0) is 15.4. The van der Waals surface area contributed by atoms with Crippen LogP contribution in [0.3, 0.4) is 0 Å². The van der Waals surface area contributed by atoms with Gasteiger partial charge in [-0.2, -0.15) is 0 Å². The van der Waals surface area contributed by atoms with Gasteiger partial charge in [-0.25, -0.2) is 0 Å². The summed E-state index contributed by atoms with van der Waals surface area (Å²) >= 11 is 0. The van der Waals surface area contributed by atoms with Crippen LogP contribution >= 0.6 is 0 Å². The highest BCUT2D eigenvalue weighted by Crippen LogP contribution is 2.19. The summed E-state index contributed by atoms with van der Waals surface area (Å²) in [6.45, 7) is 3.38. The molecule has 116 valence electrons. The Morgan fingerprint density at radius 2 is 2.09 bits per heavy atom. The van der Waals surface area contributed by atoms with Crippen molar-refractivity contribution in [3.8, 4) is 0 Å². The van der Waals surface area contributed by atoms with E-state index in [1.807, 2.05) is 24.3 Å². The van der Waals surface area contributed by atoms with Crippen molar-refractivity contribution in [1.82, 2.24) is 9.88 Å². The summed E-state index contributed by atoms with van der Waals surface area (Å²) in [7, 11) is 0. The number of likely N-dealkylation sites (tertiary alicyclic amines) is 1. The van der Waals surface area contributed by atoms with Crippen LogP contribution in [0.1, 0.15) is 28.9 Å². The van der Waals surface area contributed by atoms with Crippen molar-refractivity contribution in [2.45, 2.75) is 19.3 Å². The first-order chi connectivity index (χ1) is 10.8. The number of rotatable bonds is 7. The largest absolute Gasteiger partial charge is 0.467 e. The van der Waals surface area contributed by atoms with E-state index < -0.39 is 0 Å². The lowest BCUT2D eigenvalue weighted by molar-refractivity contribution is -0.128. The van der Waals surface area contributed by atoms with Crippen LogP contribution in [-0.4, -0.2) is 48.4 Å². The zero-order valence-corrected chi connectivity index (χ0v) is 12.5. The summed E-state index contributed by atoms with van der Waals surface area (Å²) in [5, 5.41) is 1.02. The van der Waals surface area contributed by atoms with Crippen molar-refractivity contribution >= 4 is 23.2 Å². The number of aromatic amines is 1. The molecule has 0 radical (unpaired) electrons. The maximum Gasteiger partial charge on any atom is 0.293 e. The standard InChI is InChI=1S/C17H20N2O3/c20-12-22-8-5-15-10-14-9-13(3-4-16(14)18-15)17(21)11-19-6-1-2-7-19/h3-4,9-10,12,18H,1-2,5-8,11H2. The first-order valence-electron chi connectivity index (χ1n) is 7.69. The molecule has 0 unspecified atom stereocenters. The van der Waals surface area contributed by atoms with E-state index >= 15 is 0 Å². The molecule has 0 bridgehead atoms. The van der Waals surface area contributed by atoms with Crippen molar-refractivity contribution in [3.05, 3.63) is 35.5 Å². The number of hydrogen-bond donors (Lipinski definition) is 1. The van der Waals surface area contributed by atoms with Crippen LogP contribution in [0.2, 0.25) is 0 Å². The molecule has 1 aromatic heterocycles. The van der Waals surface area contributed by atoms with Gasteiger partial charge in [-0.15, -0.1) is 0 Å². The molecule has 0 aliphatic carbocycles. The Balaban J connectivity index is 1.71. The van der Waals surface area contributed by atoms with Crippen molar-refractivity contribution in [3.63, 3.8) is 0 Å². The lowest BCUT2D eigenvalue weighted by Crippen LogP contribution is -2.26. The number of hydrogen-bond acceptors (Lipinski definition) is 4. The Bertz CT molecular complexity index is 672. The molecular weight excluding hydrogens is 280 g/mol. The average molecular weight is 300 g/mol. The van der Waals surface area contributed by atoms with E-state index in [4.69, 9.17) is 4.74 Å². The third kappa shape index (κ3) is 3.36. The molecular formula is C17H20N2O3. The molecule has 3 rings (SSSR count). The Morgan fingerprint density at radius 3 is 2.86 bits per heavy atom. The van der Waals surface area contributed by atoms with Gasteiger partial charge in [0.15, 0.2) is 5.78 Å². The van der Waals surface area contributed by atoms with Crippen LogP contribution in [0, 0.1) is 0 Å². The van der Waals surface area contributed by atoms with Gasteiger partial charge in [0.2, 0.25) is 0 Å². The minimum atomic E-state index is 0.177. The van der Waals surface area contributed by atoms with Gasteiger partial charge >= 0.3 is 0 Å². The van der Waals surface area contributed by atoms with Crippen LogP contribution in [0.4, 0.5) is 0 Å². The Morgan fingerprint density at radius 1 is 1.27 bits per heavy atom. The third-order valence-electron chi connectivity index (χ3n) is 4.12. The van der Waals surface area contributed by atoms with Crippen molar-refractivity contribution in [2.75, 3.05) is 26.2 Å². The number of carbonyl (C=O) groups excluding carboxylic acids is 2. The average Bonchev–Trinajstić information content (AvgIpc) is 3.15. The van der Waals surface area contributed by atoms with E-state index in [-0.39, 0.29) is 5.78 Å². The monoisotopic (exact) mass is 300 g/mol. The van der Waals surface area contributed by atoms with Crippen LogP contribution in [0.25, 0.3) is 10.9 Å². The van der Waals surface area contributed by atoms with Crippen LogP contribution < -0.4 is 0 Å². The molecule has 0 amide bonds. The number of fused-ring (bicyclic) bond motifs is 1. The molecule has 0 saturated carbocycles. The molecule has 22 heavy (non-hydrogen) atoms. The molecule has 5 nitrogen and oxygen atoms in total. The van der Waals surface area contributed by atoms with E-state index in [0.29, 0.717) is 26.0 Å². The molecule has 0 atom stereocenters. The number of H-pyrrole nitrogens is 1. The third-order valence-corrected chi connectivity index (χ3v) is 4.12. The van der Waals surface area contributed by atoms with Gasteiger partial charge < -0.3 is 9.72 Å². The fraction of sp³-hybridized carbons (Fsp3) is 0.412. The van der Waals surface area contributed by atoms with E-state index in [1.54, 1.807) is 0 Å². The predicted octanol–water partition coefficient (Wildman–Crippen LogP) is 2.16. The maximum atomic E-state index is 12.4. The van der Waals surface area contributed by atoms with E-state index in [0.717, 1.165) is 35.2 Å². The fourth-order valence-corrected chi connectivity index (χ4v) is 2.95. The predicted molar refractivity (Wildman–Crippen MR) is 84.0 cm³/mol. The summed E-state index contributed by atoms with van der Waals surface area (Å²) in [5.74, 6) is 0.177.